The summed E-state index contributed by atoms with van der Waals surface area (Å²) in [4.78, 5) is 13.7. The van der Waals surface area contributed by atoms with Gasteiger partial charge in [0.2, 0.25) is 0 Å². The number of ether oxygens (including phenoxy) is 1. The van der Waals surface area contributed by atoms with Crippen molar-refractivity contribution in [2.45, 2.75) is 38.7 Å². The Balaban J connectivity index is 2.08. The summed E-state index contributed by atoms with van der Waals surface area (Å²) in [5, 5.41) is 18.9. The van der Waals surface area contributed by atoms with Crippen LogP contribution in [-0.4, -0.2) is 46.9 Å². The van der Waals surface area contributed by atoms with Crippen molar-refractivity contribution < 1.29 is 19.6 Å². The van der Waals surface area contributed by atoms with Gasteiger partial charge < -0.3 is 19.7 Å². The van der Waals surface area contributed by atoms with Crippen LogP contribution in [-0.2, 0) is 4.74 Å². The van der Waals surface area contributed by atoms with Crippen LogP contribution in [0.5, 0.6) is 0 Å². The maximum absolute atomic E-state index is 12.1. The van der Waals surface area contributed by atoms with E-state index in [-0.39, 0.29) is 12.0 Å². The van der Waals surface area contributed by atoms with Gasteiger partial charge in [-0.2, -0.15) is 0 Å². The van der Waals surface area contributed by atoms with Crippen molar-refractivity contribution in [1.29, 1.82) is 0 Å². The van der Waals surface area contributed by atoms with E-state index < -0.39 is 12.7 Å². The second-order valence-electron chi connectivity index (χ2n) is 6.41. The number of nitrogens with zero attached hydrogens (tertiary/aromatic N) is 1. The van der Waals surface area contributed by atoms with E-state index in [4.69, 9.17) is 4.74 Å². The highest BCUT2D eigenvalue weighted by molar-refractivity contribution is 6.59. The van der Waals surface area contributed by atoms with Gasteiger partial charge in [-0.3, -0.25) is 0 Å². The average molecular weight is 291 g/mol. The molecule has 0 radical (unpaired) electrons. The Morgan fingerprint density at radius 1 is 1.33 bits per heavy atom. The second kappa shape index (κ2) is 6.07. The fraction of sp³-hybridized carbons (Fsp3) is 0.533. The van der Waals surface area contributed by atoms with E-state index in [9.17, 15) is 14.8 Å². The monoisotopic (exact) mass is 291 g/mol. The van der Waals surface area contributed by atoms with Crippen LogP contribution in [0.4, 0.5) is 4.79 Å². The lowest BCUT2D eigenvalue weighted by molar-refractivity contribution is 0.0292. The lowest BCUT2D eigenvalue weighted by Gasteiger charge is -2.24. The summed E-state index contributed by atoms with van der Waals surface area (Å²) in [6.45, 7) is 6.69. The molecule has 2 N–H and O–H groups in total. The zero-order valence-corrected chi connectivity index (χ0v) is 12.7. The largest absolute Gasteiger partial charge is 0.488 e. The van der Waals surface area contributed by atoms with Crippen LogP contribution >= 0.6 is 0 Å². The maximum atomic E-state index is 12.1. The minimum atomic E-state index is -1.49. The molecule has 1 heterocycles. The number of benzene rings is 1. The molecule has 1 aromatic rings. The lowest BCUT2D eigenvalue weighted by Crippen LogP contribution is -2.36. The van der Waals surface area contributed by atoms with Gasteiger partial charge in [-0.15, -0.1) is 0 Å². The van der Waals surface area contributed by atoms with E-state index in [2.05, 4.69) is 0 Å². The average Bonchev–Trinajstić information content (AvgIpc) is 2.86. The molecule has 2 rings (SSSR count). The molecule has 6 heteroatoms. The molecule has 1 unspecified atom stereocenters. The SMILES string of the molecule is CC(C)(C)OC(=O)N1CCC(c2ccccc2B(O)O)C1. The molecule has 1 amide bonds. The Bertz CT molecular complexity index is 513. The summed E-state index contributed by atoms with van der Waals surface area (Å²) in [5.74, 6) is 0.107. The van der Waals surface area contributed by atoms with Crippen LogP contribution in [0.15, 0.2) is 24.3 Å². The number of amides is 1. The molecule has 0 aliphatic carbocycles. The molecular weight excluding hydrogens is 269 g/mol. The van der Waals surface area contributed by atoms with Crippen LogP contribution in [0, 0.1) is 0 Å². The topological polar surface area (TPSA) is 70.0 Å². The van der Waals surface area contributed by atoms with E-state index in [1.165, 1.54) is 0 Å². The van der Waals surface area contributed by atoms with Crippen molar-refractivity contribution in [3.05, 3.63) is 29.8 Å². The summed E-state index contributed by atoms with van der Waals surface area (Å²) in [7, 11) is -1.49. The first-order chi connectivity index (χ1) is 9.78. The molecule has 0 bridgehead atoms. The van der Waals surface area contributed by atoms with Gasteiger partial charge in [0.25, 0.3) is 0 Å². The predicted molar refractivity (Wildman–Crippen MR) is 81.4 cm³/mol. The molecule has 1 atom stereocenters. The van der Waals surface area contributed by atoms with E-state index in [1.807, 2.05) is 32.9 Å². The fourth-order valence-corrected chi connectivity index (χ4v) is 2.62. The third-order valence-corrected chi connectivity index (χ3v) is 3.55. The smallest absolute Gasteiger partial charge is 0.444 e. The second-order valence-corrected chi connectivity index (χ2v) is 6.41. The standard InChI is InChI=1S/C15H22BNO4/c1-15(2,3)21-14(18)17-9-8-11(10-17)12-6-4-5-7-13(12)16(19)20/h4-7,11,19-20H,8-10H2,1-3H3. The molecular formula is C15H22BNO4. The minimum Gasteiger partial charge on any atom is -0.444 e. The molecule has 1 saturated heterocycles. The van der Waals surface area contributed by atoms with Crippen molar-refractivity contribution in [2.24, 2.45) is 0 Å². The van der Waals surface area contributed by atoms with Crippen LogP contribution in [0.2, 0.25) is 0 Å². The van der Waals surface area contributed by atoms with Crippen LogP contribution in [0.1, 0.15) is 38.7 Å². The molecule has 1 aliphatic rings. The molecule has 0 spiro atoms. The maximum Gasteiger partial charge on any atom is 0.488 e. The van der Waals surface area contributed by atoms with Gasteiger partial charge in [0.15, 0.2) is 0 Å². The third-order valence-electron chi connectivity index (χ3n) is 3.55. The molecule has 0 saturated carbocycles. The Labute approximate surface area is 125 Å². The van der Waals surface area contributed by atoms with E-state index in [0.717, 1.165) is 12.0 Å². The summed E-state index contributed by atoms with van der Waals surface area (Å²) in [6.07, 6.45) is 0.482. The molecule has 21 heavy (non-hydrogen) atoms. The molecule has 1 aliphatic heterocycles. The normalized spacial score (nSPS) is 18.7. The molecule has 1 fully saturated rings. The Morgan fingerprint density at radius 2 is 2.00 bits per heavy atom. The first kappa shape index (κ1) is 15.9. The third kappa shape index (κ3) is 3.98. The lowest BCUT2D eigenvalue weighted by atomic mass is 9.74. The van der Waals surface area contributed by atoms with Crippen molar-refractivity contribution >= 4 is 18.7 Å². The van der Waals surface area contributed by atoms with Crippen LogP contribution in [0.3, 0.4) is 0 Å². The number of likely N-dealkylation sites (tertiary alicyclic amines) is 1. The van der Waals surface area contributed by atoms with Crippen molar-refractivity contribution in [1.82, 2.24) is 4.90 Å². The highest BCUT2D eigenvalue weighted by Crippen LogP contribution is 2.27. The Hall–Kier alpha value is -1.53. The van der Waals surface area contributed by atoms with E-state index in [1.54, 1.807) is 17.0 Å². The van der Waals surface area contributed by atoms with E-state index >= 15 is 0 Å². The van der Waals surface area contributed by atoms with Gasteiger partial charge in [0.05, 0.1) is 0 Å². The van der Waals surface area contributed by atoms with Crippen molar-refractivity contribution in [3.63, 3.8) is 0 Å². The Morgan fingerprint density at radius 3 is 2.62 bits per heavy atom. The van der Waals surface area contributed by atoms with Gasteiger partial charge in [0, 0.05) is 19.0 Å². The summed E-state index contributed by atoms with van der Waals surface area (Å²) >= 11 is 0. The zero-order chi connectivity index (χ0) is 15.6. The molecule has 114 valence electrons. The van der Waals surface area contributed by atoms with Gasteiger partial charge in [0.1, 0.15) is 5.60 Å². The first-order valence-corrected chi connectivity index (χ1v) is 7.21. The summed E-state index contributed by atoms with van der Waals surface area (Å²) < 4.78 is 5.37. The van der Waals surface area contributed by atoms with Crippen molar-refractivity contribution in [2.75, 3.05) is 13.1 Å². The number of rotatable bonds is 2. The molecule has 5 nitrogen and oxygen atoms in total. The fourth-order valence-electron chi connectivity index (χ4n) is 2.62. The number of hydrogen-bond acceptors (Lipinski definition) is 4. The number of carbonyl (C=O) groups excluding carboxylic acids is 1. The minimum absolute atomic E-state index is 0.107. The number of carbonyl (C=O) groups is 1. The predicted octanol–water partition coefficient (Wildman–Crippen LogP) is 1.09. The first-order valence-electron chi connectivity index (χ1n) is 7.21. The van der Waals surface area contributed by atoms with Crippen molar-refractivity contribution in [3.8, 4) is 0 Å². The number of hydrogen-bond donors (Lipinski definition) is 2. The van der Waals surface area contributed by atoms with Crippen LogP contribution in [0.25, 0.3) is 0 Å². The van der Waals surface area contributed by atoms with Gasteiger partial charge >= 0.3 is 13.2 Å². The molecule has 1 aromatic carbocycles. The Kier molecular flexibility index (Phi) is 4.59. The van der Waals surface area contributed by atoms with E-state index in [0.29, 0.717) is 18.6 Å². The highest BCUT2D eigenvalue weighted by atomic mass is 16.6. The summed E-state index contributed by atoms with van der Waals surface area (Å²) in [6, 6.07) is 7.24. The quantitative estimate of drug-likeness (QED) is 0.800. The van der Waals surface area contributed by atoms with Crippen LogP contribution < -0.4 is 5.46 Å². The van der Waals surface area contributed by atoms with Gasteiger partial charge in [-0.25, -0.2) is 4.79 Å². The van der Waals surface area contributed by atoms with Gasteiger partial charge in [-0.1, -0.05) is 24.3 Å². The highest BCUT2D eigenvalue weighted by Gasteiger charge is 2.32. The van der Waals surface area contributed by atoms with Gasteiger partial charge in [-0.05, 0) is 38.2 Å². The molecule has 0 aromatic heterocycles. The zero-order valence-electron chi connectivity index (χ0n) is 12.7. The summed E-state index contributed by atoms with van der Waals surface area (Å²) in [5.41, 5.74) is 0.890.